The van der Waals surface area contributed by atoms with Crippen LogP contribution in [0.5, 0.6) is 0 Å². The summed E-state index contributed by atoms with van der Waals surface area (Å²) < 4.78 is 37.7. The van der Waals surface area contributed by atoms with Gasteiger partial charge < -0.3 is 0 Å². The summed E-state index contributed by atoms with van der Waals surface area (Å²) >= 11 is 1.10. The first-order valence-electron chi connectivity index (χ1n) is 7.57. The minimum Gasteiger partial charge on any atom is -0.298 e. The normalized spacial score (nSPS) is 16.4. The van der Waals surface area contributed by atoms with Crippen LogP contribution in [-0.4, -0.2) is 16.7 Å². The van der Waals surface area contributed by atoms with Crippen molar-refractivity contribution in [2.24, 2.45) is 5.41 Å². The van der Waals surface area contributed by atoms with Crippen LogP contribution in [0, 0.1) is 5.41 Å². The Kier molecular flexibility index (Phi) is 4.18. The summed E-state index contributed by atoms with van der Waals surface area (Å²) in [6.45, 7) is 3.96. The fourth-order valence-electron chi connectivity index (χ4n) is 2.75. The standard InChI is InChI=1S/C17H15F3N2O2S/c1-16(2)7-11-13(12(23)8-16)25-15(21-11)22-14(24)9-3-5-10(6-4-9)17(18,19)20/h3-6H,7-8H2,1-2H3,(H,21,22,24). The third-order valence-electron chi connectivity index (χ3n) is 3.93. The molecule has 8 heteroatoms. The summed E-state index contributed by atoms with van der Waals surface area (Å²) in [7, 11) is 0. The summed E-state index contributed by atoms with van der Waals surface area (Å²) in [5, 5.41) is 2.84. The van der Waals surface area contributed by atoms with E-state index in [2.05, 4.69) is 10.3 Å². The van der Waals surface area contributed by atoms with E-state index < -0.39 is 17.6 Å². The van der Waals surface area contributed by atoms with E-state index in [4.69, 9.17) is 0 Å². The van der Waals surface area contributed by atoms with Crippen LogP contribution in [-0.2, 0) is 12.6 Å². The zero-order valence-electron chi connectivity index (χ0n) is 13.5. The lowest BCUT2D eigenvalue weighted by molar-refractivity contribution is -0.137. The number of rotatable bonds is 2. The van der Waals surface area contributed by atoms with E-state index in [9.17, 15) is 22.8 Å². The Labute approximate surface area is 146 Å². The largest absolute Gasteiger partial charge is 0.416 e. The predicted molar refractivity (Wildman–Crippen MR) is 87.9 cm³/mol. The molecule has 2 aromatic rings. The van der Waals surface area contributed by atoms with Gasteiger partial charge in [-0.3, -0.25) is 14.9 Å². The zero-order chi connectivity index (χ0) is 18.4. The number of carbonyl (C=O) groups is 2. The summed E-state index contributed by atoms with van der Waals surface area (Å²) in [5.74, 6) is -0.565. The second-order valence-corrected chi connectivity index (χ2v) is 7.76. The molecule has 0 aliphatic heterocycles. The number of benzene rings is 1. The Morgan fingerprint density at radius 2 is 1.84 bits per heavy atom. The van der Waals surface area contributed by atoms with Gasteiger partial charge in [-0.05, 0) is 36.1 Å². The molecule has 0 saturated heterocycles. The van der Waals surface area contributed by atoms with Crippen LogP contribution in [0.4, 0.5) is 18.3 Å². The molecule has 0 spiro atoms. The van der Waals surface area contributed by atoms with Gasteiger partial charge in [-0.15, -0.1) is 0 Å². The molecule has 25 heavy (non-hydrogen) atoms. The van der Waals surface area contributed by atoms with Gasteiger partial charge in [-0.2, -0.15) is 13.2 Å². The van der Waals surface area contributed by atoms with E-state index in [1.807, 2.05) is 13.8 Å². The molecule has 0 radical (unpaired) electrons. The average Bonchev–Trinajstić information content (AvgIpc) is 2.87. The highest BCUT2D eigenvalue weighted by Crippen LogP contribution is 2.38. The monoisotopic (exact) mass is 368 g/mol. The maximum absolute atomic E-state index is 12.6. The van der Waals surface area contributed by atoms with Crippen molar-refractivity contribution in [3.05, 3.63) is 46.0 Å². The number of thiazole rings is 1. The molecule has 0 unspecified atom stereocenters. The molecule has 132 valence electrons. The molecule has 1 N–H and O–H groups in total. The fourth-order valence-corrected chi connectivity index (χ4v) is 3.67. The second kappa shape index (κ2) is 5.94. The van der Waals surface area contributed by atoms with Crippen molar-refractivity contribution < 1.29 is 22.8 Å². The van der Waals surface area contributed by atoms with Gasteiger partial charge in [0.1, 0.15) is 0 Å². The maximum Gasteiger partial charge on any atom is 0.416 e. The first kappa shape index (κ1) is 17.6. The SMILES string of the molecule is CC1(C)CC(=O)c2sc(NC(=O)c3ccc(C(F)(F)F)cc3)nc2C1. The lowest BCUT2D eigenvalue weighted by Crippen LogP contribution is -2.26. The number of Topliss-reactive ketones (excluding diaryl/α,β-unsaturated/α-hetero) is 1. The highest BCUT2D eigenvalue weighted by molar-refractivity contribution is 7.17. The Hall–Kier alpha value is -2.22. The van der Waals surface area contributed by atoms with Gasteiger partial charge in [0.15, 0.2) is 10.9 Å². The average molecular weight is 368 g/mol. The van der Waals surface area contributed by atoms with Crippen molar-refractivity contribution >= 4 is 28.2 Å². The minimum atomic E-state index is -4.45. The van der Waals surface area contributed by atoms with Crippen molar-refractivity contribution in [2.45, 2.75) is 32.9 Å². The molecule has 4 nitrogen and oxygen atoms in total. The number of alkyl halides is 3. The molecule has 3 rings (SSSR count). The minimum absolute atomic E-state index is 0.00113. The van der Waals surface area contributed by atoms with E-state index in [1.54, 1.807) is 0 Å². The number of hydrogen-bond acceptors (Lipinski definition) is 4. The highest BCUT2D eigenvalue weighted by Gasteiger charge is 2.34. The quantitative estimate of drug-likeness (QED) is 0.845. The first-order chi connectivity index (χ1) is 11.5. The molecule has 1 amide bonds. The molecule has 1 heterocycles. The van der Waals surface area contributed by atoms with E-state index in [1.165, 1.54) is 0 Å². The van der Waals surface area contributed by atoms with Crippen LogP contribution in [0.15, 0.2) is 24.3 Å². The van der Waals surface area contributed by atoms with Gasteiger partial charge in [0.2, 0.25) is 0 Å². The zero-order valence-corrected chi connectivity index (χ0v) is 14.3. The van der Waals surface area contributed by atoms with Crippen LogP contribution in [0.1, 0.15) is 51.6 Å². The van der Waals surface area contributed by atoms with Crippen LogP contribution >= 0.6 is 11.3 Å². The number of hydrogen-bond donors (Lipinski definition) is 1. The molecule has 0 atom stereocenters. The lowest BCUT2D eigenvalue weighted by atomic mass is 9.78. The number of anilines is 1. The van der Waals surface area contributed by atoms with Crippen LogP contribution < -0.4 is 5.32 Å². The van der Waals surface area contributed by atoms with E-state index in [-0.39, 0.29) is 21.9 Å². The van der Waals surface area contributed by atoms with Gasteiger partial charge in [0.25, 0.3) is 5.91 Å². The van der Waals surface area contributed by atoms with Crippen molar-refractivity contribution in [3.63, 3.8) is 0 Å². The van der Waals surface area contributed by atoms with E-state index >= 15 is 0 Å². The van der Waals surface area contributed by atoms with Gasteiger partial charge >= 0.3 is 6.18 Å². The molecule has 1 aliphatic rings. The summed E-state index contributed by atoms with van der Waals surface area (Å²) in [6.07, 6.45) is -3.38. The Morgan fingerprint density at radius 1 is 1.20 bits per heavy atom. The Morgan fingerprint density at radius 3 is 2.44 bits per heavy atom. The number of nitrogens with one attached hydrogen (secondary N) is 1. The van der Waals surface area contributed by atoms with Gasteiger partial charge in [0.05, 0.1) is 16.1 Å². The second-order valence-electron chi connectivity index (χ2n) is 6.77. The van der Waals surface area contributed by atoms with Crippen LogP contribution in [0.2, 0.25) is 0 Å². The summed E-state index contributed by atoms with van der Waals surface area (Å²) in [5.41, 5.74) is -0.240. The number of carbonyl (C=O) groups excluding carboxylic acids is 2. The fraction of sp³-hybridized carbons (Fsp3) is 0.353. The Balaban J connectivity index is 1.77. The molecule has 0 fully saturated rings. The summed E-state index contributed by atoms with van der Waals surface area (Å²) in [6, 6.07) is 3.93. The van der Waals surface area contributed by atoms with Crippen molar-refractivity contribution in [3.8, 4) is 0 Å². The predicted octanol–water partition coefficient (Wildman–Crippen LogP) is 4.57. The van der Waals surface area contributed by atoms with Gasteiger partial charge in [0, 0.05) is 12.0 Å². The van der Waals surface area contributed by atoms with Crippen molar-refractivity contribution in [1.82, 2.24) is 4.98 Å². The van der Waals surface area contributed by atoms with Crippen LogP contribution in [0.3, 0.4) is 0 Å². The number of aromatic nitrogens is 1. The number of fused-ring (bicyclic) bond motifs is 1. The van der Waals surface area contributed by atoms with Crippen LogP contribution in [0.25, 0.3) is 0 Å². The van der Waals surface area contributed by atoms with Gasteiger partial charge in [-0.1, -0.05) is 25.2 Å². The molecule has 0 saturated carbocycles. The Bertz CT molecular complexity index is 839. The lowest BCUT2D eigenvalue weighted by Gasteiger charge is -2.26. The molecule has 1 aromatic heterocycles. The molecular weight excluding hydrogens is 353 g/mol. The maximum atomic E-state index is 12.6. The molecule has 1 aliphatic carbocycles. The topological polar surface area (TPSA) is 59.1 Å². The number of halogens is 3. The number of ketones is 1. The first-order valence-corrected chi connectivity index (χ1v) is 8.38. The number of nitrogens with zero attached hydrogens (tertiary/aromatic N) is 1. The van der Waals surface area contributed by atoms with Gasteiger partial charge in [-0.25, -0.2) is 4.98 Å². The summed E-state index contributed by atoms with van der Waals surface area (Å²) in [4.78, 5) is 29.2. The number of amides is 1. The molecule has 0 bridgehead atoms. The van der Waals surface area contributed by atoms with E-state index in [0.29, 0.717) is 23.4 Å². The molecular formula is C17H15F3N2O2S. The van der Waals surface area contributed by atoms with Crippen molar-refractivity contribution in [2.75, 3.05) is 5.32 Å². The third kappa shape index (κ3) is 3.73. The highest BCUT2D eigenvalue weighted by atomic mass is 32.1. The molecule has 1 aromatic carbocycles. The van der Waals surface area contributed by atoms with Crippen molar-refractivity contribution in [1.29, 1.82) is 0 Å². The third-order valence-corrected chi connectivity index (χ3v) is 4.98. The van der Waals surface area contributed by atoms with E-state index in [0.717, 1.165) is 35.6 Å². The smallest absolute Gasteiger partial charge is 0.298 e.